The molecule has 4 heteroatoms. The van der Waals surface area contributed by atoms with Crippen LogP contribution in [0.4, 0.5) is 0 Å². The van der Waals surface area contributed by atoms with Crippen molar-refractivity contribution in [3.8, 4) is 0 Å². The molecule has 4 nitrogen and oxygen atoms in total. The first kappa shape index (κ1) is 12.6. The molecule has 0 radical (unpaired) electrons. The fourth-order valence-corrected chi connectivity index (χ4v) is 3.52. The van der Waals surface area contributed by atoms with Crippen molar-refractivity contribution in [2.45, 2.75) is 44.7 Å². The van der Waals surface area contributed by atoms with Crippen LogP contribution in [0.1, 0.15) is 48.2 Å². The third-order valence-corrected chi connectivity index (χ3v) is 4.53. The lowest BCUT2D eigenvalue weighted by Crippen LogP contribution is -2.46. The maximum Gasteiger partial charge on any atom is 0.272 e. The number of aromatic nitrogens is 1. The molecular formula is C15H21N3O. The minimum absolute atomic E-state index is 0.0974. The Labute approximate surface area is 114 Å². The maximum absolute atomic E-state index is 12.6. The number of carbonyl (C=O) groups excluding carboxylic acids is 1. The van der Waals surface area contributed by atoms with Gasteiger partial charge in [0.05, 0.1) is 0 Å². The molecule has 2 unspecified atom stereocenters. The average molecular weight is 259 g/mol. The van der Waals surface area contributed by atoms with Crippen LogP contribution < -0.4 is 5.73 Å². The van der Waals surface area contributed by atoms with Gasteiger partial charge in [0.15, 0.2) is 0 Å². The molecule has 1 aliphatic carbocycles. The number of hydrogen-bond acceptors (Lipinski definition) is 3. The van der Waals surface area contributed by atoms with Gasteiger partial charge in [0, 0.05) is 25.3 Å². The second-order valence-electron chi connectivity index (χ2n) is 5.65. The Hall–Kier alpha value is -1.42. The first-order chi connectivity index (χ1) is 9.29. The Morgan fingerprint density at radius 1 is 1.32 bits per heavy atom. The van der Waals surface area contributed by atoms with Gasteiger partial charge in [-0.05, 0) is 43.2 Å². The van der Waals surface area contributed by atoms with E-state index in [-0.39, 0.29) is 5.91 Å². The zero-order chi connectivity index (χ0) is 13.2. The van der Waals surface area contributed by atoms with Gasteiger partial charge in [-0.3, -0.25) is 9.78 Å². The van der Waals surface area contributed by atoms with Crippen molar-refractivity contribution in [3.05, 3.63) is 29.6 Å². The van der Waals surface area contributed by atoms with Gasteiger partial charge in [-0.25, -0.2) is 0 Å². The van der Waals surface area contributed by atoms with Crippen molar-refractivity contribution in [2.24, 2.45) is 11.7 Å². The van der Waals surface area contributed by atoms with Gasteiger partial charge in [0.2, 0.25) is 0 Å². The van der Waals surface area contributed by atoms with Crippen LogP contribution in [0.25, 0.3) is 0 Å². The average Bonchev–Trinajstić information content (AvgIpc) is 2.95. The first-order valence-electron chi connectivity index (χ1n) is 7.25. The normalized spacial score (nSPS) is 26.3. The predicted molar refractivity (Wildman–Crippen MR) is 73.5 cm³/mol. The SMILES string of the molecule is NCc1ccc(C(=O)N2CCCC3CCCC32)nc1. The predicted octanol–water partition coefficient (Wildman–Crippen LogP) is 1.94. The smallest absolute Gasteiger partial charge is 0.272 e. The van der Waals surface area contributed by atoms with E-state index in [2.05, 4.69) is 9.88 Å². The molecule has 2 aliphatic rings. The van der Waals surface area contributed by atoms with Crippen molar-refractivity contribution in [1.29, 1.82) is 0 Å². The Morgan fingerprint density at radius 2 is 2.16 bits per heavy atom. The van der Waals surface area contributed by atoms with Gasteiger partial charge in [-0.15, -0.1) is 0 Å². The highest BCUT2D eigenvalue weighted by Gasteiger charge is 2.37. The van der Waals surface area contributed by atoms with E-state index in [1.165, 1.54) is 19.3 Å². The lowest BCUT2D eigenvalue weighted by atomic mass is 9.91. The largest absolute Gasteiger partial charge is 0.334 e. The summed E-state index contributed by atoms with van der Waals surface area (Å²) in [5.74, 6) is 0.821. The van der Waals surface area contributed by atoms with E-state index in [1.54, 1.807) is 6.20 Å². The van der Waals surface area contributed by atoms with Gasteiger partial charge < -0.3 is 10.6 Å². The van der Waals surface area contributed by atoms with Crippen molar-refractivity contribution >= 4 is 5.91 Å². The van der Waals surface area contributed by atoms with Crippen molar-refractivity contribution < 1.29 is 4.79 Å². The molecule has 1 aromatic rings. The molecule has 2 heterocycles. The molecule has 1 aromatic heterocycles. The summed E-state index contributed by atoms with van der Waals surface area (Å²) in [6.45, 7) is 1.36. The van der Waals surface area contributed by atoms with Crippen molar-refractivity contribution in [1.82, 2.24) is 9.88 Å². The van der Waals surface area contributed by atoms with Gasteiger partial charge in [-0.2, -0.15) is 0 Å². The summed E-state index contributed by atoms with van der Waals surface area (Å²) in [7, 11) is 0. The number of fused-ring (bicyclic) bond motifs is 1. The summed E-state index contributed by atoms with van der Waals surface area (Å²) < 4.78 is 0. The highest BCUT2D eigenvalue weighted by molar-refractivity contribution is 5.92. The quantitative estimate of drug-likeness (QED) is 0.883. The van der Waals surface area contributed by atoms with Crippen LogP contribution in [0, 0.1) is 5.92 Å². The lowest BCUT2D eigenvalue weighted by molar-refractivity contribution is 0.0542. The second-order valence-corrected chi connectivity index (χ2v) is 5.65. The van der Waals surface area contributed by atoms with Crippen LogP contribution >= 0.6 is 0 Å². The standard InChI is InChI=1S/C15H21N3O/c16-9-11-6-7-13(17-10-11)15(19)18-8-2-4-12-3-1-5-14(12)18/h6-7,10,12,14H,1-5,8-9,16H2. The Balaban J connectivity index is 1.78. The Bertz CT molecular complexity index is 457. The second kappa shape index (κ2) is 5.29. The van der Waals surface area contributed by atoms with E-state index in [9.17, 15) is 4.79 Å². The molecule has 2 atom stereocenters. The number of pyridine rings is 1. The fraction of sp³-hybridized carbons (Fsp3) is 0.600. The summed E-state index contributed by atoms with van der Waals surface area (Å²) in [5.41, 5.74) is 7.08. The summed E-state index contributed by atoms with van der Waals surface area (Å²) in [4.78, 5) is 18.9. The van der Waals surface area contributed by atoms with Gasteiger partial charge in [0.25, 0.3) is 5.91 Å². The molecule has 1 aliphatic heterocycles. The Kier molecular flexibility index (Phi) is 3.51. The van der Waals surface area contributed by atoms with Crippen LogP contribution in [0.5, 0.6) is 0 Å². The number of nitrogens with two attached hydrogens (primary N) is 1. The number of likely N-dealkylation sites (tertiary alicyclic amines) is 1. The van der Waals surface area contributed by atoms with E-state index >= 15 is 0 Å². The maximum atomic E-state index is 12.6. The van der Waals surface area contributed by atoms with Gasteiger partial charge >= 0.3 is 0 Å². The zero-order valence-corrected chi connectivity index (χ0v) is 11.2. The number of amides is 1. The molecule has 0 aromatic carbocycles. The third kappa shape index (κ3) is 2.37. The first-order valence-corrected chi connectivity index (χ1v) is 7.25. The van der Waals surface area contributed by atoms with Crippen LogP contribution in [0.3, 0.4) is 0 Å². The number of piperidine rings is 1. The topological polar surface area (TPSA) is 59.2 Å². The lowest BCUT2D eigenvalue weighted by Gasteiger charge is -2.37. The summed E-state index contributed by atoms with van der Waals surface area (Å²) >= 11 is 0. The van der Waals surface area contributed by atoms with Crippen molar-refractivity contribution in [2.75, 3.05) is 6.54 Å². The molecular weight excluding hydrogens is 238 g/mol. The molecule has 19 heavy (non-hydrogen) atoms. The zero-order valence-electron chi connectivity index (χ0n) is 11.2. The molecule has 0 spiro atoms. The molecule has 3 rings (SSSR count). The van der Waals surface area contributed by atoms with E-state index in [0.717, 1.165) is 30.9 Å². The van der Waals surface area contributed by atoms with Crippen molar-refractivity contribution in [3.63, 3.8) is 0 Å². The molecule has 0 bridgehead atoms. The molecule has 102 valence electrons. The number of rotatable bonds is 2. The number of nitrogens with zero attached hydrogens (tertiary/aromatic N) is 2. The van der Waals surface area contributed by atoms with Gasteiger partial charge in [-0.1, -0.05) is 12.5 Å². The summed E-state index contributed by atoms with van der Waals surface area (Å²) in [6.07, 6.45) is 7.84. The van der Waals surface area contributed by atoms with Crippen LogP contribution in [-0.4, -0.2) is 28.4 Å². The monoisotopic (exact) mass is 259 g/mol. The number of carbonyl (C=O) groups is 1. The van der Waals surface area contributed by atoms with Gasteiger partial charge in [0.1, 0.15) is 5.69 Å². The number of hydrogen-bond donors (Lipinski definition) is 1. The summed E-state index contributed by atoms with van der Waals surface area (Å²) in [5, 5.41) is 0. The molecule has 2 N–H and O–H groups in total. The fourth-order valence-electron chi connectivity index (χ4n) is 3.52. The highest BCUT2D eigenvalue weighted by atomic mass is 16.2. The van der Waals surface area contributed by atoms with E-state index in [0.29, 0.717) is 18.3 Å². The van der Waals surface area contributed by atoms with Crippen LogP contribution in [-0.2, 0) is 6.54 Å². The van der Waals surface area contributed by atoms with Crippen LogP contribution in [0.15, 0.2) is 18.3 Å². The third-order valence-electron chi connectivity index (χ3n) is 4.53. The highest BCUT2D eigenvalue weighted by Crippen LogP contribution is 2.37. The van der Waals surface area contributed by atoms with Crippen LogP contribution in [0.2, 0.25) is 0 Å². The minimum atomic E-state index is 0.0974. The minimum Gasteiger partial charge on any atom is -0.334 e. The van der Waals surface area contributed by atoms with E-state index < -0.39 is 0 Å². The molecule has 1 saturated heterocycles. The molecule has 2 fully saturated rings. The Morgan fingerprint density at radius 3 is 2.89 bits per heavy atom. The van der Waals surface area contributed by atoms with E-state index in [4.69, 9.17) is 5.73 Å². The van der Waals surface area contributed by atoms with E-state index in [1.807, 2.05) is 12.1 Å². The molecule has 1 saturated carbocycles. The summed E-state index contributed by atoms with van der Waals surface area (Å²) in [6, 6.07) is 4.16. The molecule has 1 amide bonds.